The summed E-state index contributed by atoms with van der Waals surface area (Å²) in [6.07, 6.45) is 41.4. The van der Waals surface area contributed by atoms with Gasteiger partial charge in [0.1, 0.15) is 30.5 Å². The van der Waals surface area contributed by atoms with Crippen molar-refractivity contribution in [3.63, 3.8) is 0 Å². The smallest absolute Gasteiger partial charge is 0.397 e. The lowest BCUT2D eigenvalue weighted by molar-refractivity contribution is -0.301. The van der Waals surface area contributed by atoms with E-state index in [1.54, 1.807) is 0 Å². The number of aliphatic hydroxyl groups is 3. The maximum absolute atomic E-state index is 12.9. The van der Waals surface area contributed by atoms with Crippen molar-refractivity contribution in [2.45, 2.75) is 237 Å². The van der Waals surface area contributed by atoms with Crippen LogP contribution in [0.5, 0.6) is 0 Å². The molecule has 0 aromatic carbocycles. The molecule has 0 aromatic rings. The van der Waals surface area contributed by atoms with Crippen LogP contribution in [0.1, 0.15) is 200 Å². The molecule has 1 rings (SSSR count). The quantitative estimate of drug-likeness (QED) is 0.0197. The van der Waals surface area contributed by atoms with E-state index in [-0.39, 0.29) is 19.6 Å². The van der Waals surface area contributed by atoms with Crippen molar-refractivity contribution in [3.05, 3.63) is 48.6 Å². The predicted octanol–water partition coefficient (Wildman–Crippen LogP) is 11.1. The molecule has 0 bridgehead atoms. The van der Waals surface area contributed by atoms with Crippen LogP contribution in [0.4, 0.5) is 0 Å². The Morgan fingerprint density at radius 3 is 1.56 bits per heavy atom. The Kier molecular flexibility index (Phi) is 38.9. The van der Waals surface area contributed by atoms with Crippen LogP contribution in [0.25, 0.3) is 0 Å². The number of carbonyl (C=O) groups is 1. The molecule has 0 radical (unpaired) electrons. The molecule has 6 unspecified atom stereocenters. The summed E-state index contributed by atoms with van der Waals surface area (Å²) in [4.78, 5) is 12.9. The van der Waals surface area contributed by atoms with E-state index in [0.717, 1.165) is 77.0 Å². The van der Waals surface area contributed by atoms with E-state index in [0.29, 0.717) is 13.0 Å². The molecule has 1 fully saturated rings. The summed E-state index contributed by atoms with van der Waals surface area (Å²) >= 11 is 0. The first kappa shape index (κ1) is 59.1. The van der Waals surface area contributed by atoms with E-state index in [4.69, 9.17) is 18.9 Å². The predicted molar refractivity (Wildman–Crippen MR) is 253 cm³/mol. The molecule has 1 aliphatic rings. The minimum Gasteiger partial charge on any atom is -0.457 e. The molecule has 4 N–H and O–H groups in total. The van der Waals surface area contributed by atoms with Gasteiger partial charge in [0.25, 0.3) is 0 Å². The van der Waals surface area contributed by atoms with Gasteiger partial charge in [-0.05, 0) is 70.6 Å². The number of ether oxygens (including phenoxy) is 4. The maximum atomic E-state index is 12.9. The van der Waals surface area contributed by atoms with Gasteiger partial charge in [0.2, 0.25) is 0 Å². The van der Waals surface area contributed by atoms with E-state index in [9.17, 15) is 33.1 Å². The fraction of sp³-hybridized carbons (Fsp3) is 0.820. The third kappa shape index (κ3) is 35.0. The van der Waals surface area contributed by atoms with Crippen molar-refractivity contribution in [3.8, 4) is 0 Å². The van der Waals surface area contributed by atoms with Crippen LogP contribution >= 0.6 is 0 Å². The second-order valence-electron chi connectivity index (χ2n) is 17.0. The van der Waals surface area contributed by atoms with Crippen LogP contribution in [-0.4, -0.2) is 97.5 Å². The first-order valence-corrected chi connectivity index (χ1v) is 26.3. The van der Waals surface area contributed by atoms with Crippen LogP contribution in [-0.2, 0) is 38.3 Å². The molecule has 1 heterocycles. The number of carbonyl (C=O) groups excluding carboxylic acids is 1. The van der Waals surface area contributed by atoms with E-state index >= 15 is 0 Å². The number of unbranched alkanes of at least 4 members (excludes halogenated alkanes) is 22. The summed E-state index contributed by atoms with van der Waals surface area (Å²) in [6.45, 7) is 3.92. The standard InChI is InChI=1S/C50H90O12S/c1-3-5-7-9-11-13-15-17-19-20-21-22-23-24-25-27-29-31-33-35-37-39-46(52)60-44(43-59-50-48(54)49(62-63(55,56)57)47(53)45(41-51)61-50)42-58-40-38-36-34-32-30-28-26-18-16-14-12-10-8-6-4-2/h10,12,15-18,20-21,44-45,47-51,53-54H,3-9,11,13-14,19,22-43H2,1-2H3,(H,55,56,57)/b12-10-,17-15-,18-16-,21-20-. The van der Waals surface area contributed by atoms with E-state index in [1.165, 1.54) is 96.3 Å². The maximum Gasteiger partial charge on any atom is 0.397 e. The van der Waals surface area contributed by atoms with Gasteiger partial charge < -0.3 is 34.3 Å². The van der Waals surface area contributed by atoms with E-state index in [2.05, 4.69) is 66.6 Å². The Morgan fingerprint density at radius 2 is 1.06 bits per heavy atom. The molecule has 1 aliphatic heterocycles. The summed E-state index contributed by atoms with van der Waals surface area (Å²) < 4.78 is 59.2. The summed E-state index contributed by atoms with van der Waals surface area (Å²) in [5.74, 6) is -0.408. The van der Waals surface area contributed by atoms with Gasteiger partial charge in [-0.15, -0.1) is 0 Å². The first-order chi connectivity index (χ1) is 30.6. The summed E-state index contributed by atoms with van der Waals surface area (Å²) in [5.41, 5.74) is 0. The summed E-state index contributed by atoms with van der Waals surface area (Å²) in [7, 11) is -5.07. The highest BCUT2D eigenvalue weighted by Crippen LogP contribution is 2.26. The van der Waals surface area contributed by atoms with Gasteiger partial charge in [0.15, 0.2) is 6.29 Å². The third-order valence-electron chi connectivity index (χ3n) is 11.2. The average molecular weight is 915 g/mol. The van der Waals surface area contributed by atoms with Crippen molar-refractivity contribution in [2.24, 2.45) is 0 Å². The molecule has 0 aromatic heterocycles. The topological polar surface area (TPSA) is 178 Å². The molecule has 12 nitrogen and oxygen atoms in total. The van der Waals surface area contributed by atoms with Crippen molar-refractivity contribution in [2.75, 3.05) is 26.4 Å². The minimum atomic E-state index is -5.07. The second kappa shape index (κ2) is 41.5. The summed E-state index contributed by atoms with van der Waals surface area (Å²) in [6, 6.07) is 0. The molecule has 0 spiro atoms. The lowest BCUT2D eigenvalue weighted by atomic mass is 9.99. The van der Waals surface area contributed by atoms with Crippen LogP contribution in [0.2, 0.25) is 0 Å². The second-order valence-corrected chi connectivity index (χ2v) is 18.1. The fourth-order valence-electron chi connectivity index (χ4n) is 7.37. The Bertz CT molecular complexity index is 1290. The number of esters is 1. The first-order valence-electron chi connectivity index (χ1n) is 24.9. The normalized spacial score (nSPS) is 20.3. The molecule has 6 atom stereocenters. The Labute approximate surface area is 383 Å². The van der Waals surface area contributed by atoms with Gasteiger partial charge in [-0.1, -0.05) is 172 Å². The average Bonchev–Trinajstić information content (AvgIpc) is 3.26. The van der Waals surface area contributed by atoms with Gasteiger partial charge in [0, 0.05) is 13.0 Å². The molecule has 63 heavy (non-hydrogen) atoms. The van der Waals surface area contributed by atoms with Gasteiger partial charge in [-0.25, -0.2) is 4.18 Å². The fourth-order valence-corrected chi connectivity index (χ4v) is 7.87. The van der Waals surface area contributed by atoms with Crippen LogP contribution in [0, 0.1) is 0 Å². The zero-order valence-electron chi connectivity index (χ0n) is 39.4. The van der Waals surface area contributed by atoms with Crippen LogP contribution in [0.3, 0.4) is 0 Å². The zero-order chi connectivity index (χ0) is 46.1. The highest BCUT2D eigenvalue weighted by Gasteiger charge is 2.48. The SMILES string of the molecule is CCCC/C=C\C/C=C\CCCCCCCCOCC(COC1OC(CO)C(O)C(OS(=O)(=O)O)C1O)OC(=O)CCCCCCCCCCC/C=C\C/C=C\CCCCCCC. The number of hydrogen-bond donors (Lipinski definition) is 4. The monoisotopic (exact) mass is 915 g/mol. The minimum absolute atomic E-state index is 0.0264. The van der Waals surface area contributed by atoms with Crippen molar-refractivity contribution < 1.29 is 56.2 Å². The van der Waals surface area contributed by atoms with E-state index < -0.39 is 59.8 Å². The number of allylic oxidation sites excluding steroid dienone is 8. The summed E-state index contributed by atoms with van der Waals surface area (Å²) in [5, 5.41) is 30.7. The number of hydrogen-bond acceptors (Lipinski definition) is 11. The molecule has 368 valence electrons. The van der Waals surface area contributed by atoms with Crippen molar-refractivity contribution in [1.82, 2.24) is 0 Å². The molecular formula is C50H90O12S. The molecule has 0 saturated carbocycles. The van der Waals surface area contributed by atoms with Crippen molar-refractivity contribution in [1.29, 1.82) is 0 Å². The van der Waals surface area contributed by atoms with Gasteiger partial charge >= 0.3 is 16.4 Å². The van der Waals surface area contributed by atoms with Gasteiger partial charge in [-0.3, -0.25) is 9.35 Å². The molecule has 13 heteroatoms. The molecular weight excluding hydrogens is 825 g/mol. The van der Waals surface area contributed by atoms with Gasteiger partial charge in [-0.2, -0.15) is 8.42 Å². The highest BCUT2D eigenvalue weighted by atomic mass is 32.3. The van der Waals surface area contributed by atoms with Crippen LogP contribution in [0.15, 0.2) is 48.6 Å². The Balaban J connectivity index is 2.38. The molecule has 0 amide bonds. The number of aliphatic hydroxyl groups excluding tert-OH is 3. The Morgan fingerprint density at radius 1 is 0.603 bits per heavy atom. The zero-order valence-corrected chi connectivity index (χ0v) is 40.2. The van der Waals surface area contributed by atoms with Crippen molar-refractivity contribution >= 4 is 16.4 Å². The molecule has 0 aliphatic carbocycles. The van der Waals surface area contributed by atoms with Crippen LogP contribution < -0.4 is 0 Å². The van der Waals surface area contributed by atoms with Gasteiger partial charge in [0.05, 0.1) is 19.8 Å². The largest absolute Gasteiger partial charge is 0.457 e. The third-order valence-corrected chi connectivity index (χ3v) is 11.6. The lowest BCUT2D eigenvalue weighted by Gasteiger charge is -2.41. The molecule has 1 saturated heterocycles. The highest BCUT2D eigenvalue weighted by molar-refractivity contribution is 7.80. The Hall–Kier alpha value is -1.94. The number of rotatable bonds is 43. The van der Waals surface area contributed by atoms with E-state index in [1.807, 2.05) is 0 Å². The lowest BCUT2D eigenvalue weighted by Crippen LogP contribution is -2.60.